The lowest BCUT2D eigenvalue weighted by Crippen LogP contribution is -2.51. The van der Waals surface area contributed by atoms with Crippen LogP contribution in [0.3, 0.4) is 0 Å². The highest BCUT2D eigenvalue weighted by Crippen LogP contribution is 2.41. The quantitative estimate of drug-likeness (QED) is 0.865. The van der Waals surface area contributed by atoms with Crippen LogP contribution in [0, 0.1) is 23.2 Å². The van der Waals surface area contributed by atoms with Crippen molar-refractivity contribution < 1.29 is 14.7 Å². The van der Waals surface area contributed by atoms with E-state index in [9.17, 15) is 14.7 Å². The average molecular weight is 281 g/mol. The van der Waals surface area contributed by atoms with E-state index in [-0.39, 0.29) is 17.2 Å². The van der Waals surface area contributed by atoms with E-state index in [1.807, 2.05) is 25.7 Å². The number of carboxylic acids is 1. The summed E-state index contributed by atoms with van der Waals surface area (Å²) in [6, 6.07) is 0. The van der Waals surface area contributed by atoms with Gasteiger partial charge in [-0.05, 0) is 31.1 Å². The van der Waals surface area contributed by atoms with Crippen molar-refractivity contribution in [3.63, 3.8) is 0 Å². The van der Waals surface area contributed by atoms with Crippen LogP contribution in [0.25, 0.3) is 0 Å². The van der Waals surface area contributed by atoms with E-state index >= 15 is 0 Å². The third-order valence-corrected chi connectivity index (χ3v) is 5.22. The number of carbonyl (C=O) groups is 2. The minimum absolute atomic E-state index is 0.155. The van der Waals surface area contributed by atoms with E-state index in [1.54, 1.807) is 0 Å². The molecule has 20 heavy (non-hydrogen) atoms. The molecule has 2 atom stereocenters. The van der Waals surface area contributed by atoms with Gasteiger partial charge in [-0.1, -0.05) is 33.6 Å². The number of likely N-dealkylation sites (tertiary alicyclic amines) is 1. The number of amides is 1. The molecule has 0 spiro atoms. The van der Waals surface area contributed by atoms with Gasteiger partial charge in [0.15, 0.2) is 0 Å². The zero-order chi connectivity index (χ0) is 14.9. The molecule has 0 bridgehead atoms. The molecular weight excluding hydrogens is 254 g/mol. The second-order valence-electron chi connectivity index (χ2n) is 7.29. The Kier molecular flexibility index (Phi) is 4.40. The highest BCUT2D eigenvalue weighted by atomic mass is 16.4. The van der Waals surface area contributed by atoms with Crippen LogP contribution >= 0.6 is 0 Å². The average Bonchev–Trinajstić information content (AvgIpc) is 2.91. The first-order chi connectivity index (χ1) is 9.32. The number of carboxylic acid groups (broad SMARTS) is 1. The van der Waals surface area contributed by atoms with Crippen molar-refractivity contribution in [3.05, 3.63) is 0 Å². The Morgan fingerprint density at radius 1 is 1.15 bits per heavy atom. The Labute approximate surface area is 121 Å². The fourth-order valence-electron chi connectivity index (χ4n) is 3.93. The molecule has 0 radical (unpaired) electrons. The molecule has 1 amide bonds. The number of aliphatic carboxylic acids is 1. The van der Waals surface area contributed by atoms with Gasteiger partial charge in [0.1, 0.15) is 0 Å². The predicted octanol–water partition coefficient (Wildman–Crippen LogP) is 2.77. The number of nitrogens with zero attached hydrogens (tertiary/aromatic N) is 1. The van der Waals surface area contributed by atoms with Gasteiger partial charge in [-0.25, -0.2) is 0 Å². The Morgan fingerprint density at radius 3 is 2.30 bits per heavy atom. The van der Waals surface area contributed by atoms with E-state index in [4.69, 9.17) is 0 Å². The summed E-state index contributed by atoms with van der Waals surface area (Å²) >= 11 is 0. The van der Waals surface area contributed by atoms with Crippen LogP contribution in [0.4, 0.5) is 0 Å². The fourth-order valence-corrected chi connectivity index (χ4v) is 3.93. The molecule has 0 aromatic rings. The summed E-state index contributed by atoms with van der Waals surface area (Å²) in [6.07, 6.45) is 5.38. The summed E-state index contributed by atoms with van der Waals surface area (Å²) in [5.41, 5.74) is -0.351. The largest absolute Gasteiger partial charge is 0.481 e. The molecule has 1 N–H and O–H groups in total. The topological polar surface area (TPSA) is 57.6 Å². The van der Waals surface area contributed by atoms with Gasteiger partial charge in [0.05, 0.1) is 5.92 Å². The molecule has 1 aliphatic heterocycles. The SMILES string of the molecule is CC1CC(C(=O)O)CN(C(=O)C(C)(C)C2CCCC2)C1. The van der Waals surface area contributed by atoms with E-state index in [0.717, 1.165) is 12.8 Å². The van der Waals surface area contributed by atoms with E-state index < -0.39 is 11.9 Å². The normalized spacial score (nSPS) is 28.6. The second-order valence-corrected chi connectivity index (χ2v) is 7.29. The standard InChI is InChI=1S/C16H27NO3/c1-11-8-12(14(18)19)10-17(9-11)15(20)16(2,3)13-6-4-5-7-13/h11-13H,4-10H2,1-3H3,(H,18,19). The molecule has 114 valence electrons. The molecule has 2 rings (SSSR count). The Morgan fingerprint density at radius 2 is 1.75 bits per heavy atom. The van der Waals surface area contributed by atoms with Crippen LogP contribution in [-0.2, 0) is 9.59 Å². The molecule has 2 unspecified atom stereocenters. The van der Waals surface area contributed by atoms with E-state index in [0.29, 0.717) is 25.4 Å². The molecule has 0 aromatic carbocycles. The molecule has 2 aliphatic rings. The van der Waals surface area contributed by atoms with Crippen LogP contribution in [-0.4, -0.2) is 35.0 Å². The third kappa shape index (κ3) is 2.99. The number of carbonyl (C=O) groups excluding carboxylic acids is 1. The minimum atomic E-state index is -0.770. The van der Waals surface area contributed by atoms with Crippen molar-refractivity contribution in [1.29, 1.82) is 0 Å². The molecular formula is C16H27NO3. The van der Waals surface area contributed by atoms with Crippen molar-refractivity contribution in [3.8, 4) is 0 Å². The first-order valence-electron chi connectivity index (χ1n) is 7.84. The number of hydrogen-bond acceptors (Lipinski definition) is 2. The van der Waals surface area contributed by atoms with E-state index in [2.05, 4.69) is 0 Å². The molecule has 2 fully saturated rings. The maximum atomic E-state index is 12.9. The van der Waals surface area contributed by atoms with Crippen molar-refractivity contribution in [2.75, 3.05) is 13.1 Å². The molecule has 4 heteroatoms. The van der Waals surface area contributed by atoms with Crippen LogP contribution in [0.5, 0.6) is 0 Å². The lowest BCUT2D eigenvalue weighted by atomic mass is 9.75. The van der Waals surface area contributed by atoms with Crippen molar-refractivity contribution in [1.82, 2.24) is 4.90 Å². The summed E-state index contributed by atoms with van der Waals surface area (Å²) in [6.45, 7) is 7.21. The highest BCUT2D eigenvalue weighted by Gasteiger charge is 2.43. The van der Waals surface area contributed by atoms with Crippen molar-refractivity contribution in [2.45, 2.75) is 52.9 Å². The monoisotopic (exact) mass is 281 g/mol. The van der Waals surface area contributed by atoms with Gasteiger partial charge < -0.3 is 10.0 Å². The number of rotatable bonds is 3. The smallest absolute Gasteiger partial charge is 0.308 e. The van der Waals surface area contributed by atoms with Crippen molar-refractivity contribution >= 4 is 11.9 Å². The minimum Gasteiger partial charge on any atom is -0.481 e. The maximum Gasteiger partial charge on any atom is 0.308 e. The van der Waals surface area contributed by atoms with Crippen LogP contribution in [0.15, 0.2) is 0 Å². The van der Waals surface area contributed by atoms with Crippen LogP contribution < -0.4 is 0 Å². The lowest BCUT2D eigenvalue weighted by Gasteiger charge is -2.41. The molecule has 1 saturated heterocycles. The Hall–Kier alpha value is -1.06. The van der Waals surface area contributed by atoms with Gasteiger partial charge in [-0.15, -0.1) is 0 Å². The first-order valence-corrected chi connectivity index (χ1v) is 7.84. The summed E-state index contributed by atoms with van der Waals surface area (Å²) < 4.78 is 0. The van der Waals surface area contributed by atoms with Gasteiger partial charge in [0, 0.05) is 18.5 Å². The predicted molar refractivity (Wildman–Crippen MR) is 77.2 cm³/mol. The van der Waals surface area contributed by atoms with E-state index in [1.165, 1.54) is 12.8 Å². The maximum absolute atomic E-state index is 12.9. The van der Waals surface area contributed by atoms with Crippen LogP contribution in [0.2, 0.25) is 0 Å². The summed E-state index contributed by atoms with van der Waals surface area (Å²) in [7, 11) is 0. The highest BCUT2D eigenvalue weighted by molar-refractivity contribution is 5.83. The van der Waals surface area contributed by atoms with Gasteiger partial charge in [0.25, 0.3) is 0 Å². The molecule has 1 heterocycles. The summed E-state index contributed by atoms with van der Waals surface area (Å²) in [4.78, 5) is 25.9. The summed E-state index contributed by atoms with van der Waals surface area (Å²) in [5, 5.41) is 9.23. The fraction of sp³-hybridized carbons (Fsp3) is 0.875. The molecule has 0 aromatic heterocycles. The van der Waals surface area contributed by atoms with Gasteiger partial charge in [0.2, 0.25) is 5.91 Å². The number of piperidine rings is 1. The Balaban J connectivity index is 2.08. The molecule has 4 nitrogen and oxygen atoms in total. The first kappa shape index (κ1) is 15.3. The Bertz CT molecular complexity index is 385. The van der Waals surface area contributed by atoms with Gasteiger partial charge in [-0.2, -0.15) is 0 Å². The van der Waals surface area contributed by atoms with Gasteiger partial charge >= 0.3 is 5.97 Å². The zero-order valence-electron chi connectivity index (χ0n) is 12.9. The molecule has 1 aliphatic carbocycles. The third-order valence-electron chi connectivity index (χ3n) is 5.22. The van der Waals surface area contributed by atoms with Crippen LogP contribution in [0.1, 0.15) is 52.9 Å². The molecule has 1 saturated carbocycles. The van der Waals surface area contributed by atoms with Gasteiger partial charge in [-0.3, -0.25) is 9.59 Å². The number of hydrogen-bond donors (Lipinski definition) is 1. The van der Waals surface area contributed by atoms with Crippen molar-refractivity contribution in [2.24, 2.45) is 23.2 Å². The second kappa shape index (κ2) is 5.74. The summed E-state index contributed by atoms with van der Waals surface area (Å²) in [5.74, 6) is -0.291. The lowest BCUT2D eigenvalue weighted by molar-refractivity contribution is -0.151. The zero-order valence-corrected chi connectivity index (χ0v) is 12.9.